The van der Waals surface area contributed by atoms with Crippen molar-refractivity contribution < 1.29 is 4.79 Å². The molecule has 0 bridgehead atoms. The van der Waals surface area contributed by atoms with E-state index < -0.39 is 0 Å². The maximum Gasteiger partial charge on any atom is 0.254 e. The van der Waals surface area contributed by atoms with E-state index in [1.165, 1.54) is 5.56 Å². The van der Waals surface area contributed by atoms with Crippen LogP contribution >= 0.6 is 0 Å². The Balaban J connectivity index is 2.51. The molecular formula is C14H19NO. The highest BCUT2D eigenvalue weighted by Crippen LogP contribution is 2.34. The molecule has 1 amide bonds. The lowest BCUT2D eigenvalue weighted by Crippen LogP contribution is -2.55. The third kappa shape index (κ3) is 1.44. The fraction of sp³-hybridized carbons (Fsp3) is 0.500. The van der Waals surface area contributed by atoms with Crippen molar-refractivity contribution in [2.45, 2.75) is 32.7 Å². The summed E-state index contributed by atoms with van der Waals surface area (Å²) in [5.41, 5.74) is 1.98. The smallest absolute Gasteiger partial charge is 0.254 e. The predicted molar refractivity (Wildman–Crippen MR) is 65.5 cm³/mol. The maximum atomic E-state index is 12.3. The maximum absolute atomic E-state index is 12.3. The van der Waals surface area contributed by atoms with Crippen molar-refractivity contribution in [3.8, 4) is 0 Å². The van der Waals surface area contributed by atoms with E-state index in [1.54, 1.807) is 0 Å². The Morgan fingerprint density at radius 2 is 1.94 bits per heavy atom. The quantitative estimate of drug-likeness (QED) is 0.708. The first-order valence-corrected chi connectivity index (χ1v) is 5.83. The molecule has 0 radical (unpaired) electrons. The van der Waals surface area contributed by atoms with Crippen LogP contribution in [0.25, 0.3) is 0 Å². The van der Waals surface area contributed by atoms with Crippen molar-refractivity contribution in [2.75, 3.05) is 7.05 Å². The van der Waals surface area contributed by atoms with E-state index in [-0.39, 0.29) is 11.4 Å². The number of hydrogen-bond acceptors (Lipinski definition) is 1. The van der Waals surface area contributed by atoms with Gasteiger partial charge in [-0.3, -0.25) is 4.79 Å². The summed E-state index contributed by atoms with van der Waals surface area (Å²) in [6.07, 6.45) is 0.948. The van der Waals surface area contributed by atoms with Crippen LogP contribution in [-0.4, -0.2) is 23.4 Å². The van der Waals surface area contributed by atoms with Crippen LogP contribution in [0, 0.1) is 5.92 Å². The third-order valence-corrected chi connectivity index (χ3v) is 4.11. The first-order chi connectivity index (χ1) is 7.47. The molecule has 0 aromatic heterocycles. The van der Waals surface area contributed by atoms with Crippen molar-refractivity contribution in [1.82, 2.24) is 4.90 Å². The van der Waals surface area contributed by atoms with Crippen molar-refractivity contribution in [2.24, 2.45) is 5.92 Å². The molecule has 16 heavy (non-hydrogen) atoms. The summed E-state index contributed by atoms with van der Waals surface area (Å²) in [4.78, 5) is 14.2. The monoisotopic (exact) mass is 217 g/mol. The Kier molecular flexibility index (Phi) is 2.53. The molecule has 1 aromatic carbocycles. The summed E-state index contributed by atoms with van der Waals surface area (Å²) in [5, 5.41) is 0. The molecule has 0 aliphatic carbocycles. The van der Waals surface area contributed by atoms with E-state index in [1.807, 2.05) is 30.1 Å². The highest BCUT2D eigenvalue weighted by atomic mass is 16.2. The minimum absolute atomic E-state index is 0.0641. The summed E-state index contributed by atoms with van der Waals surface area (Å²) >= 11 is 0. The zero-order valence-electron chi connectivity index (χ0n) is 10.4. The number of fused-ring (bicyclic) bond motifs is 1. The van der Waals surface area contributed by atoms with Gasteiger partial charge in [0.25, 0.3) is 5.91 Å². The molecule has 1 aliphatic heterocycles. The van der Waals surface area contributed by atoms with Crippen LogP contribution in [-0.2, 0) is 6.42 Å². The van der Waals surface area contributed by atoms with Gasteiger partial charge in [-0.25, -0.2) is 0 Å². The summed E-state index contributed by atoms with van der Waals surface area (Å²) < 4.78 is 0. The molecule has 2 rings (SSSR count). The molecule has 1 unspecified atom stereocenters. The topological polar surface area (TPSA) is 20.3 Å². The Morgan fingerprint density at radius 3 is 2.56 bits per heavy atom. The van der Waals surface area contributed by atoms with Gasteiger partial charge in [0.05, 0.1) is 0 Å². The standard InChI is InChI=1S/C14H19NO/c1-10(2)14(3)9-11-7-5-6-8-12(11)13(16)15(14)4/h5-8,10H,9H2,1-4H3. The summed E-state index contributed by atoms with van der Waals surface area (Å²) in [5.74, 6) is 0.604. The highest BCUT2D eigenvalue weighted by molar-refractivity contribution is 5.97. The van der Waals surface area contributed by atoms with Gasteiger partial charge in [-0.15, -0.1) is 0 Å². The van der Waals surface area contributed by atoms with E-state index in [0.717, 1.165) is 12.0 Å². The first kappa shape index (κ1) is 11.2. The number of rotatable bonds is 1. The van der Waals surface area contributed by atoms with Crippen LogP contribution in [0.5, 0.6) is 0 Å². The lowest BCUT2D eigenvalue weighted by atomic mass is 9.77. The number of carbonyl (C=O) groups excluding carboxylic acids is 1. The zero-order chi connectivity index (χ0) is 11.9. The number of likely N-dealkylation sites (N-methyl/N-ethyl adjacent to an activating group) is 1. The van der Waals surface area contributed by atoms with Crippen LogP contribution in [0.3, 0.4) is 0 Å². The van der Waals surface area contributed by atoms with E-state index in [4.69, 9.17) is 0 Å². The SMILES string of the molecule is CC(C)C1(C)Cc2ccccc2C(=O)N1C. The van der Waals surface area contributed by atoms with Gasteiger partial charge in [0.1, 0.15) is 0 Å². The Hall–Kier alpha value is -1.31. The van der Waals surface area contributed by atoms with E-state index in [2.05, 4.69) is 26.8 Å². The Bertz CT molecular complexity index is 424. The van der Waals surface area contributed by atoms with Crippen LogP contribution in [0.2, 0.25) is 0 Å². The predicted octanol–water partition coefficient (Wildman–Crippen LogP) is 2.73. The van der Waals surface area contributed by atoms with Gasteiger partial charge in [-0.2, -0.15) is 0 Å². The van der Waals surface area contributed by atoms with E-state index in [0.29, 0.717) is 5.92 Å². The largest absolute Gasteiger partial charge is 0.336 e. The van der Waals surface area contributed by atoms with Crippen molar-refractivity contribution in [3.05, 3.63) is 35.4 Å². The lowest BCUT2D eigenvalue weighted by Gasteiger charge is -2.46. The molecule has 2 nitrogen and oxygen atoms in total. The van der Waals surface area contributed by atoms with E-state index >= 15 is 0 Å². The number of amides is 1. The second-order valence-electron chi connectivity index (χ2n) is 5.21. The molecule has 0 N–H and O–H groups in total. The average Bonchev–Trinajstić information content (AvgIpc) is 2.26. The summed E-state index contributed by atoms with van der Waals surface area (Å²) in [6.45, 7) is 6.53. The van der Waals surface area contributed by atoms with Gasteiger partial charge in [0.2, 0.25) is 0 Å². The fourth-order valence-electron chi connectivity index (χ4n) is 2.39. The molecule has 0 saturated heterocycles. The van der Waals surface area contributed by atoms with Crippen molar-refractivity contribution in [1.29, 1.82) is 0 Å². The third-order valence-electron chi connectivity index (χ3n) is 4.11. The second-order valence-corrected chi connectivity index (χ2v) is 5.21. The number of nitrogens with zero attached hydrogens (tertiary/aromatic N) is 1. The van der Waals surface area contributed by atoms with Gasteiger partial charge < -0.3 is 4.90 Å². The normalized spacial score (nSPS) is 24.8. The Morgan fingerprint density at radius 1 is 1.31 bits per heavy atom. The molecule has 1 heterocycles. The highest BCUT2D eigenvalue weighted by Gasteiger charge is 2.40. The van der Waals surface area contributed by atoms with Crippen molar-refractivity contribution in [3.63, 3.8) is 0 Å². The van der Waals surface area contributed by atoms with Crippen molar-refractivity contribution >= 4 is 5.91 Å². The van der Waals surface area contributed by atoms with Crippen LogP contribution in [0.1, 0.15) is 36.7 Å². The van der Waals surface area contributed by atoms with Gasteiger partial charge in [0, 0.05) is 18.2 Å². The molecule has 0 saturated carbocycles. The van der Waals surface area contributed by atoms with Gasteiger partial charge in [-0.1, -0.05) is 32.0 Å². The van der Waals surface area contributed by atoms with Gasteiger partial charge in [0.15, 0.2) is 0 Å². The minimum Gasteiger partial charge on any atom is -0.336 e. The molecular weight excluding hydrogens is 198 g/mol. The van der Waals surface area contributed by atoms with Crippen LogP contribution < -0.4 is 0 Å². The van der Waals surface area contributed by atoms with Crippen LogP contribution in [0.4, 0.5) is 0 Å². The Labute approximate surface area is 97.3 Å². The molecule has 86 valence electrons. The second kappa shape index (κ2) is 3.62. The molecule has 2 heteroatoms. The number of carbonyl (C=O) groups is 1. The van der Waals surface area contributed by atoms with Gasteiger partial charge in [-0.05, 0) is 30.9 Å². The van der Waals surface area contributed by atoms with Gasteiger partial charge >= 0.3 is 0 Å². The summed E-state index contributed by atoms with van der Waals surface area (Å²) in [7, 11) is 1.91. The fourth-order valence-corrected chi connectivity index (χ4v) is 2.39. The zero-order valence-corrected chi connectivity index (χ0v) is 10.4. The molecule has 0 fully saturated rings. The molecule has 1 aliphatic rings. The van der Waals surface area contributed by atoms with E-state index in [9.17, 15) is 4.79 Å². The molecule has 1 aromatic rings. The lowest BCUT2D eigenvalue weighted by molar-refractivity contribution is 0.0429. The average molecular weight is 217 g/mol. The first-order valence-electron chi connectivity index (χ1n) is 5.83. The van der Waals surface area contributed by atoms with Crippen LogP contribution in [0.15, 0.2) is 24.3 Å². The molecule has 1 atom stereocenters. The number of hydrogen-bond donors (Lipinski definition) is 0. The summed E-state index contributed by atoms with van der Waals surface area (Å²) in [6, 6.07) is 7.94. The number of benzene rings is 1. The minimum atomic E-state index is -0.0641. The molecule has 0 spiro atoms.